The second kappa shape index (κ2) is 7.19. The van der Waals surface area contributed by atoms with Gasteiger partial charge in [0.15, 0.2) is 0 Å². The molecule has 2 aromatic rings. The van der Waals surface area contributed by atoms with Crippen LogP contribution in [-0.4, -0.2) is 45.9 Å². The number of nitrogens with zero attached hydrogens (tertiary/aromatic N) is 3. The SMILES string of the molecule is CC(NC(=O)N(C)C(C)CO)c1nc(-c2cccc(F)c2)no1. The molecule has 0 fully saturated rings. The Bertz CT molecular complexity index is 676. The molecular weight excluding hydrogens is 303 g/mol. The predicted molar refractivity (Wildman–Crippen MR) is 80.9 cm³/mol. The van der Waals surface area contributed by atoms with Crippen molar-refractivity contribution in [1.29, 1.82) is 0 Å². The van der Waals surface area contributed by atoms with Gasteiger partial charge < -0.3 is 19.8 Å². The zero-order valence-electron chi connectivity index (χ0n) is 13.2. The number of urea groups is 1. The van der Waals surface area contributed by atoms with Crippen LogP contribution in [0.1, 0.15) is 25.8 Å². The van der Waals surface area contributed by atoms with E-state index in [9.17, 15) is 9.18 Å². The molecule has 2 atom stereocenters. The van der Waals surface area contributed by atoms with Crippen molar-refractivity contribution in [2.45, 2.75) is 25.9 Å². The molecule has 0 radical (unpaired) electrons. The van der Waals surface area contributed by atoms with Gasteiger partial charge in [-0.05, 0) is 26.0 Å². The first-order valence-corrected chi connectivity index (χ1v) is 7.16. The first-order chi connectivity index (χ1) is 10.9. The molecule has 0 saturated carbocycles. The summed E-state index contributed by atoms with van der Waals surface area (Å²) < 4.78 is 18.3. The van der Waals surface area contributed by atoms with Crippen LogP contribution in [0.4, 0.5) is 9.18 Å². The van der Waals surface area contributed by atoms with E-state index in [0.29, 0.717) is 5.56 Å². The van der Waals surface area contributed by atoms with Crippen molar-refractivity contribution in [2.75, 3.05) is 13.7 Å². The van der Waals surface area contributed by atoms with Crippen molar-refractivity contribution in [3.63, 3.8) is 0 Å². The number of nitrogens with one attached hydrogen (secondary N) is 1. The van der Waals surface area contributed by atoms with E-state index in [-0.39, 0.29) is 30.4 Å². The van der Waals surface area contributed by atoms with Gasteiger partial charge in [0.1, 0.15) is 11.9 Å². The molecule has 0 saturated heterocycles. The summed E-state index contributed by atoms with van der Waals surface area (Å²) in [5.41, 5.74) is 0.490. The fraction of sp³-hybridized carbons (Fsp3) is 0.400. The molecule has 2 rings (SSSR count). The van der Waals surface area contributed by atoms with E-state index in [1.807, 2.05) is 0 Å². The fourth-order valence-corrected chi connectivity index (χ4v) is 1.83. The Morgan fingerprint density at radius 1 is 1.48 bits per heavy atom. The Balaban J connectivity index is 2.07. The van der Waals surface area contributed by atoms with Crippen molar-refractivity contribution in [3.05, 3.63) is 36.0 Å². The van der Waals surface area contributed by atoms with Crippen LogP contribution in [0.15, 0.2) is 28.8 Å². The first-order valence-electron chi connectivity index (χ1n) is 7.16. The minimum absolute atomic E-state index is 0.136. The number of rotatable bonds is 5. The Labute approximate surface area is 133 Å². The molecule has 1 aromatic heterocycles. The fourth-order valence-electron chi connectivity index (χ4n) is 1.83. The monoisotopic (exact) mass is 322 g/mol. The highest BCUT2D eigenvalue weighted by atomic mass is 19.1. The van der Waals surface area contributed by atoms with Gasteiger partial charge in [0.25, 0.3) is 0 Å². The van der Waals surface area contributed by atoms with E-state index < -0.39 is 11.9 Å². The van der Waals surface area contributed by atoms with Gasteiger partial charge in [-0.2, -0.15) is 4.98 Å². The molecule has 2 amide bonds. The molecule has 2 N–H and O–H groups in total. The molecule has 2 unspecified atom stereocenters. The van der Waals surface area contributed by atoms with Crippen LogP contribution in [0, 0.1) is 5.82 Å². The number of aliphatic hydroxyl groups excluding tert-OH is 1. The van der Waals surface area contributed by atoms with Crippen LogP contribution in [0.5, 0.6) is 0 Å². The van der Waals surface area contributed by atoms with Gasteiger partial charge in [0.05, 0.1) is 12.6 Å². The molecule has 0 bridgehead atoms. The van der Waals surface area contributed by atoms with E-state index in [0.717, 1.165) is 0 Å². The molecule has 7 nitrogen and oxygen atoms in total. The molecule has 1 aromatic carbocycles. The summed E-state index contributed by atoms with van der Waals surface area (Å²) in [5.74, 6) is 0.0650. The zero-order chi connectivity index (χ0) is 17.0. The molecule has 23 heavy (non-hydrogen) atoms. The average molecular weight is 322 g/mol. The van der Waals surface area contributed by atoms with Crippen LogP contribution >= 0.6 is 0 Å². The van der Waals surface area contributed by atoms with Crippen LogP contribution < -0.4 is 5.32 Å². The maximum atomic E-state index is 13.2. The van der Waals surface area contributed by atoms with Crippen LogP contribution in [0.2, 0.25) is 0 Å². The summed E-state index contributed by atoms with van der Waals surface area (Å²) >= 11 is 0. The predicted octanol–water partition coefficient (Wildman–Crippen LogP) is 1.96. The van der Waals surface area contributed by atoms with Gasteiger partial charge in [-0.3, -0.25) is 0 Å². The molecular formula is C15H19FN4O3. The second-order valence-electron chi connectivity index (χ2n) is 5.28. The minimum Gasteiger partial charge on any atom is -0.394 e. The number of hydrogen-bond donors (Lipinski definition) is 2. The summed E-state index contributed by atoms with van der Waals surface area (Å²) in [4.78, 5) is 17.6. The molecule has 1 heterocycles. The molecule has 0 aliphatic carbocycles. The summed E-state index contributed by atoms with van der Waals surface area (Å²) in [7, 11) is 1.58. The molecule has 8 heteroatoms. The number of amides is 2. The Kier molecular flexibility index (Phi) is 5.28. The van der Waals surface area contributed by atoms with E-state index in [2.05, 4.69) is 15.5 Å². The lowest BCUT2D eigenvalue weighted by atomic mass is 10.2. The Hall–Kier alpha value is -2.48. The van der Waals surface area contributed by atoms with E-state index >= 15 is 0 Å². The highest BCUT2D eigenvalue weighted by Crippen LogP contribution is 2.19. The van der Waals surface area contributed by atoms with Crippen molar-refractivity contribution >= 4 is 6.03 Å². The number of carbonyl (C=O) groups excluding carboxylic acids is 1. The third kappa shape index (κ3) is 4.04. The molecule has 0 spiro atoms. The maximum Gasteiger partial charge on any atom is 0.318 e. The van der Waals surface area contributed by atoms with Crippen LogP contribution in [-0.2, 0) is 0 Å². The number of hydrogen-bond acceptors (Lipinski definition) is 5. The standard InChI is InChI=1S/C15H19FN4O3/c1-9(8-21)20(3)15(22)17-10(2)14-18-13(19-23-14)11-5-4-6-12(16)7-11/h4-7,9-10,21H,8H2,1-3H3,(H,17,22). The van der Waals surface area contributed by atoms with Crippen molar-refractivity contribution < 1.29 is 18.8 Å². The molecule has 124 valence electrons. The Morgan fingerprint density at radius 2 is 2.22 bits per heavy atom. The summed E-state index contributed by atoms with van der Waals surface area (Å²) in [6.07, 6.45) is 0. The smallest absolute Gasteiger partial charge is 0.318 e. The van der Waals surface area contributed by atoms with E-state index in [1.54, 1.807) is 33.0 Å². The number of carbonyl (C=O) groups is 1. The average Bonchev–Trinajstić information content (AvgIpc) is 3.03. The van der Waals surface area contributed by atoms with E-state index in [1.165, 1.54) is 17.0 Å². The van der Waals surface area contributed by atoms with Gasteiger partial charge >= 0.3 is 6.03 Å². The topological polar surface area (TPSA) is 91.5 Å². The zero-order valence-corrected chi connectivity index (χ0v) is 13.2. The number of likely N-dealkylation sites (N-methyl/N-ethyl adjacent to an activating group) is 1. The van der Waals surface area contributed by atoms with Crippen LogP contribution in [0.25, 0.3) is 11.4 Å². The normalized spacial score (nSPS) is 13.4. The third-order valence-corrected chi connectivity index (χ3v) is 3.48. The van der Waals surface area contributed by atoms with Gasteiger partial charge in [-0.15, -0.1) is 0 Å². The van der Waals surface area contributed by atoms with E-state index in [4.69, 9.17) is 9.63 Å². The lowest BCUT2D eigenvalue weighted by Crippen LogP contribution is -2.44. The van der Waals surface area contributed by atoms with Crippen LogP contribution in [0.3, 0.4) is 0 Å². The summed E-state index contributed by atoms with van der Waals surface area (Å²) in [6.45, 7) is 3.28. The van der Waals surface area contributed by atoms with Gasteiger partial charge in [-0.25, -0.2) is 9.18 Å². The quantitative estimate of drug-likeness (QED) is 0.878. The lowest BCUT2D eigenvalue weighted by molar-refractivity contribution is 0.154. The number of halogens is 1. The lowest BCUT2D eigenvalue weighted by Gasteiger charge is -2.24. The van der Waals surface area contributed by atoms with Gasteiger partial charge in [-0.1, -0.05) is 17.3 Å². The Morgan fingerprint density at radius 3 is 2.87 bits per heavy atom. The molecule has 0 aliphatic rings. The van der Waals surface area contributed by atoms with Gasteiger partial charge in [0, 0.05) is 12.6 Å². The molecule has 0 aliphatic heterocycles. The second-order valence-corrected chi connectivity index (χ2v) is 5.28. The maximum absolute atomic E-state index is 13.2. The van der Waals surface area contributed by atoms with Crippen molar-refractivity contribution in [1.82, 2.24) is 20.4 Å². The third-order valence-electron chi connectivity index (χ3n) is 3.48. The number of benzene rings is 1. The number of aromatic nitrogens is 2. The highest BCUT2D eigenvalue weighted by molar-refractivity contribution is 5.74. The highest BCUT2D eigenvalue weighted by Gasteiger charge is 2.21. The summed E-state index contributed by atoms with van der Waals surface area (Å²) in [6, 6.07) is 4.64. The van der Waals surface area contributed by atoms with Gasteiger partial charge in [0.2, 0.25) is 11.7 Å². The largest absolute Gasteiger partial charge is 0.394 e. The van der Waals surface area contributed by atoms with Crippen molar-refractivity contribution in [3.8, 4) is 11.4 Å². The summed E-state index contributed by atoms with van der Waals surface area (Å²) in [5, 5.41) is 15.6. The van der Waals surface area contributed by atoms with Crippen molar-refractivity contribution in [2.24, 2.45) is 0 Å². The number of aliphatic hydroxyl groups is 1. The first kappa shape index (κ1) is 16.9. The minimum atomic E-state index is -0.523.